The Balaban J connectivity index is 0.000000548. The number of carboxylic acid groups (broad SMARTS) is 2. The number of piperidine rings is 1. The monoisotopic (exact) mass is 645 g/mol. The van der Waals surface area contributed by atoms with Crippen LogP contribution in [-0.2, 0) is 22.6 Å². The quantitative estimate of drug-likeness (QED) is 0.221. The van der Waals surface area contributed by atoms with Gasteiger partial charge in [0.25, 0.3) is 5.56 Å². The van der Waals surface area contributed by atoms with Gasteiger partial charge in [0.05, 0.1) is 0 Å². The van der Waals surface area contributed by atoms with E-state index in [-0.39, 0.29) is 5.56 Å². The number of likely N-dealkylation sites (tertiary alicyclic amines) is 1. The molecule has 0 radical (unpaired) electrons. The lowest BCUT2D eigenvalue weighted by atomic mass is 10.1. The van der Waals surface area contributed by atoms with Crippen molar-refractivity contribution in [2.24, 2.45) is 0 Å². The molecule has 0 saturated carbocycles. The molecule has 2 aromatic rings. The number of aliphatic carboxylic acids is 2. The van der Waals surface area contributed by atoms with E-state index in [9.17, 15) is 31.1 Å². The minimum Gasteiger partial charge on any atom is -0.475 e. The lowest BCUT2D eigenvalue weighted by Crippen LogP contribution is -2.35. The first kappa shape index (κ1) is 37.7. The highest BCUT2D eigenvalue weighted by Crippen LogP contribution is 2.14. The van der Waals surface area contributed by atoms with Crippen LogP contribution >= 0.6 is 11.6 Å². The second kappa shape index (κ2) is 18.3. The van der Waals surface area contributed by atoms with Crippen molar-refractivity contribution < 1.29 is 46.1 Å². The normalized spacial score (nSPS) is 13.7. The summed E-state index contributed by atoms with van der Waals surface area (Å²) in [5.41, 5.74) is 2.05. The number of aryl methyl sites for hydroxylation is 1. The Morgan fingerprint density at radius 1 is 0.953 bits per heavy atom. The van der Waals surface area contributed by atoms with Crippen LogP contribution in [0.2, 0.25) is 5.02 Å². The van der Waals surface area contributed by atoms with E-state index in [1.165, 1.54) is 24.8 Å². The molecule has 0 atom stereocenters. The number of hydrogen-bond acceptors (Lipinski definition) is 7. The van der Waals surface area contributed by atoms with Crippen LogP contribution in [0.3, 0.4) is 0 Å². The second-order valence-electron chi connectivity index (χ2n) is 9.27. The molecule has 1 aromatic carbocycles. The summed E-state index contributed by atoms with van der Waals surface area (Å²) in [6, 6.07) is 7.92. The third-order valence-corrected chi connectivity index (χ3v) is 6.13. The predicted octanol–water partition coefficient (Wildman–Crippen LogP) is 4.20. The van der Waals surface area contributed by atoms with Crippen molar-refractivity contribution in [1.82, 2.24) is 19.8 Å². The molecular formula is C26H34ClF6N5O5. The molecule has 3 rings (SSSR count). The van der Waals surface area contributed by atoms with Crippen LogP contribution in [0.5, 0.6) is 0 Å². The minimum atomic E-state index is -5.08. The average molecular weight is 646 g/mol. The first-order valence-corrected chi connectivity index (χ1v) is 13.5. The SMILES string of the molecule is Cc1cnc(NCCN2CCCCC2)c(=O)n1CCNCCc1cccc(Cl)c1.O=C(O)C(F)(F)F.O=C(O)C(F)(F)F. The van der Waals surface area contributed by atoms with E-state index < -0.39 is 24.3 Å². The number of carboxylic acids is 2. The lowest BCUT2D eigenvalue weighted by Gasteiger charge is -2.26. The fraction of sp³-hybridized carbons (Fsp3) is 0.538. The van der Waals surface area contributed by atoms with Gasteiger partial charge >= 0.3 is 24.3 Å². The number of alkyl halides is 6. The highest BCUT2D eigenvalue weighted by Gasteiger charge is 2.38. The van der Waals surface area contributed by atoms with Crippen LogP contribution in [0.4, 0.5) is 32.2 Å². The van der Waals surface area contributed by atoms with Gasteiger partial charge in [0.15, 0.2) is 5.82 Å². The summed E-state index contributed by atoms with van der Waals surface area (Å²) in [5.74, 6) is -5.06. The van der Waals surface area contributed by atoms with E-state index in [1.807, 2.05) is 25.1 Å². The van der Waals surface area contributed by atoms with Gasteiger partial charge in [-0.15, -0.1) is 0 Å². The van der Waals surface area contributed by atoms with Gasteiger partial charge in [-0.3, -0.25) is 4.79 Å². The molecule has 0 aliphatic carbocycles. The van der Waals surface area contributed by atoms with E-state index in [1.54, 1.807) is 10.8 Å². The van der Waals surface area contributed by atoms with Crippen LogP contribution in [0.15, 0.2) is 35.3 Å². The molecule has 0 spiro atoms. The summed E-state index contributed by atoms with van der Waals surface area (Å²) < 4.78 is 65.3. The van der Waals surface area contributed by atoms with Crippen LogP contribution in [0.25, 0.3) is 0 Å². The maximum atomic E-state index is 12.8. The number of benzene rings is 1. The molecule has 1 fully saturated rings. The predicted molar refractivity (Wildman–Crippen MR) is 147 cm³/mol. The molecule has 0 bridgehead atoms. The smallest absolute Gasteiger partial charge is 0.475 e. The minimum absolute atomic E-state index is 0.0414. The number of halogens is 7. The molecule has 0 unspecified atom stereocenters. The van der Waals surface area contributed by atoms with Gasteiger partial charge in [-0.2, -0.15) is 26.3 Å². The molecule has 1 aliphatic heterocycles. The van der Waals surface area contributed by atoms with Crippen molar-refractivity contribution in [2.75, 3.05) is 44.6 Å². The number of carbonyl (C=O) groups is 2. The molecule has 1 aliphatic rings. The van der Waals surface area contributed by atoms with Crippen LogP contribution in [0.1, 0.15) is 30.5 Å². The Morgan fingerprint density at radius 2 is 1.53 bits per heavy atom. The molecule has 1 saturated heterocycles. The van der Waals surface area contributed by atoms with Crippen LogP contribution in [0, 0.1) is 6.92 Å². The molecule has 43 heavy (non-hydrogen) atoms. The van der Waals surface area contributed by atoms with Crippen molar-refractivity contribution in [3.63, 3.8) is 0 Å². The lowest BCUT2D eigenvalue weighted by molar-refractivity contribution is -0.193. The van der Waals surface area contributed by atoms with Gasteiger partial charge in [-0.05, 0) is 63.5 Å². The summed E-state index contributed by atoms with van der Waals surface area (Å²) in [6.45, 7) is 8.17. The summed E-state index contributed by atoms with van der Waals surface area (Å²) in [4.78, 5) is 37.3. The maximum Gasteiger partial charge on any atom is 0.490 e. The summed E-state index contributed by atoms with van der Waals surface area (Å²) in [5, 5.41) is 21.7. The molecule has 242 valence electrons. The van der Waals surface area contributed by atoms with Crippen molar-refractivity contribution in [3.8, 4) is 0 Å². The third kappa shape index (κ3) is 15.6. The first-order valence-electron chi connectivity index (χ1n) is 13.1. The number of nitrogens with zero attached hydrogens (tertiary/aromatic N) is 3. The third-order valence-electron chi connectivity index (χ3n) is 5.90. The van der Waals surface area contributed by atoms with Crippen molar-refractivity contribution in [3.05, 3.63) is 57.1 Å². The van der Waals surface area contributed by atoms with E-state index >= 15 is 0 Å². The van der Waals surface area contributed by atoms with Crippen molar-refractivity contribution in [1.29, 1.82) is 0 Å². The van der Waals surface area contributed by atoms with E-state index in [0.717, 1.165) is 56.4 Å². The maximum absolute atomic E-state index is 12.8. The number of nitrogens with one attached hydrogen (secondary N) is 2. The Labute approximate surface area is 248 Å². The zero-order valence-electron chi connectivity index (χ0n) is 23.3. The standard InChI is InChI=1S/C22H32ClN5O.2C2HF3O2/c1-18-17-26-21(25-11-14-27-12-3-2-4-13-27)22(29)28(18)15-10-24-9-8-19-6-5-7-20(23)16-19;2*3-2(4,5)1(6)7/h5-7,16-17,24H,2-4,8-15H2,1H3,(H,25,26);2*(H,6,7). The summed E-state index contributed by atoms with van der Waals surface area (Å²) >= 11 is 6.02. The van der Waals surface area contributed by atoms with Gasteiger partial charge in [-0.25, -0.2) is 14.6 Å². The highest BCUT2D eigenvalue weighted by molar-refractivity contribution is 6.30. The van der Waals surface area contributed by atoms with Crippen molar-refractivity contribution >= 4 is 29.4 Å². The summed E-state index contributed by atoms with van der Waals surface area (Å²) in [7, 11) is 0. The van der Waals surface area contributed by atoms with Gasteiger partial charge in [0.1, 0.15) is 0 Å². The Morgan fingerprint density at radius 3 is 2.07 bits per heavy atom. The molecule has 0 amide bonds. The highest BCUT2D eigenvalue weighted by atomic mass is 35.5. The van der Waals surface area contributed by atoms with Gasteiger partial charge in [-0.1, -0.05) is 30.2 Å². The fourth-order valence-corrected chi connectivity index (χ4v) is 3.94. The molecule has 4 N–H and O–H groups in total. The zero-order valence-corrected chi connectivity index (χ0v) is 24.0. The first-order chi connectivity index (χ1) is 20.0. The number of anilines is 1. The molecule has 10 nitrogen and oxygen atoms in total. The molecular weight excluding hydrogens is 612 g/mol. The number of rotatable bonds is 10. The van der Waals surface area contributed by atoms with E-state index in [4.69, 9.17) is 31.4 Å². The topological polar surface area (TPSA) is 137 Å². The molecule has 2 heterocycles. The Hall–Kier alpha value is -3.37. The van der Waals surface area contributed by atoms with Crippen molar-refractivity contribution in [2.45, 2.75) is 51.5 Å². The molecule has 1 aromatic heterocycles. The van der Waals surface area contributed by atoms with E-state index in [0.29, 0.717) is 12.4 Å². The van der Waals surface area contributed by atoms with Gasteiger partial charge < -0.3 is 30.3 Å². The number of aromatic nitrogens is 2. The van der Waals surface area contributed by atoms with Crippen LogP contribution < -0.4 is 16.2 Å². The van der Waals surface area contributed by atoms with Gasteiger partial charge in [0.2, 0.25) is 0 Å². The van der Waals surface area contributed by atoms with Gasteiger partial charge in [0, 0.05) is 43.1 Å². The van der Waals surface area contributed by atoms with Crippen LogP contribution in [-0.4, -0.2) is 88.2 Å². The summed E-state index contributed by atoms with van der Waals surface area (Å²) in [6.07, 6.45) is -3.59. The largest absolute Gasteiger partial charge is 0.490 e. The molecule has 17 heteroatoms. The zero-order chi connectivity index (χ0) is 32.6. The second-order valence-corrected chi connectivity index (χ2v) is 9.71. The Bertz CT molecular complexity index is 1200. The number of hydrogen-bond donors (Lipinski definition) is 4. The average Bonchev–Trinajstić information content (AvgIpc) is 2.92. The fourth-order valence-electron chi connectivity index (χ4n) is 3.73. The Kier molecular flexibility index (Phi) is 16.1. The van der Waals surface area contributed by atoms with E-state index in [2.05, 4.69) is 26.6 Å².